The van der Waals surface area contributed by atoms with Crippen molar-refractivity contribution in [3.05, 3.63) is 29.8 Å². The molecule has 128 valence electrons. The summed E-state index contributed by atoms with van der Waals surface area (Å²) in [6, 6.07) is 6.39. The van der Waals surface area contributed by atoms with Gasteiger partial charge in [0.05, 0.1) is 0 Å². The van der Waals surface area contributed by atoms with E-state index in [0.29, 0.717) is 5.92 Å². The number of hydrogen-bond donors (Lipinski definition) is 1. The number of alkyl halides is 4. The molecule has 1 N–H and O–H groups in total. The first-order chi connectivity index (χ1) is 11.0. The lowest BCUT2D eigenvalue weighted by Crippen LogP contribution is -2.45. The number of piperazine rings is 1. The molecule has 1 aliphatic carbocycles. The van der Waals surface area contributed by atoms with E-state index in [1.807, 2.05) is 0 Å². The average molecular weight is 332 g/mol. The maximum Gasteiger partial charge on any atom is 0.461 e. The Bertz CT molecular complexity index is 513. The third-order valence-electron chi connectivity index (χ3n) is 4.34. The SMILES string of the molecule is FC(F)C(F)(F)Oc1ccc([C@@H](C2CC2)N2CCNCC2)cc1. The molecule has 0 spiro atoms. The first-order valence-electron chi connectivity index (χ1n) is 7.87. The Morgan fingerprint density at radius 1 is 1.09 bits per heavy atom. The fourth-order valence-electron chi connectivity index (χ4n) is 3.09. The normalized spacial score (nSPS) is 21.4. The second kappa shape index (κ2) is 6.65. The van der Waals surface area contributed by atoms with E-state index in [2.05, 4.69) is 15.0 Å². The maximum absolute atomic E-state index is 12.9. The molecule has 3 nitrogen and oxygen atoms in total. The summed E-state index contributed by atoms with van der Waals surface area (Å²) in [6.45, 7) is 3.77. The van der Waals surface area contributed by atoms with Gasteiger partial charge in [0.25, 0.3) is 0 Å². The molecular formula is C16H20F4N2O. The van der Waals surface area contributed by atoms with Crippen LogP contribution in [0.1, 0.15) is 24.4 Å². The minimum atomic E-state index is -4.46. The van der Waals surface area contributed by atoms with Crippen molar-refractivity contribution in [2.75, 3.05) is 26.2 Å². The zero-order chi connectivity index (χ0) is 16.4. The predicted octanol–water partition coefficient (Wildman–Crippen LogP) is 3.28. The lowest BCUT2D eigenvalue weighted by Gasteiger charge is -2.35. The first-order valence-corrected chi connectivity index (χ1v) is 7.87. The lowest BCUT2D eigenvalue weighted by molar-refractivity contribution is -0.253. The molecule has 1 aromatic rings. The van der Waals surface area contributed by atoms with Crippen LogP contribution in [0.2, 0.25) is 0 Å². The molecule has 1 saturated heterocycles. The van der Waals surface area contributed by atoms with Gasteiger partial charge in [-0.3, -0.25) is 4.90 Å². The molecule has 1 aliphatic heterocycles. The highest BCUT2D eigenvalue weighted by atomic mass is 19.3. The molecular weight excluding hydrogens is 312 g/mol. The number of rotatable bonds is 6. The fraction of sp³-hybridized carbons (Fsp3) is 0.625. The van der Waals surface area contributed by atoms with Crippen LogP contribution in [0.5, 0.6) is 5.75 Å². The number of halogens is 4. The van der Waals surface area contributed by atoms with E-state index in [1.165, 1.54) is 12.1 Å². The number of benzene rings is 1. The number of nitrogens with one attached hydrogen (secondary N) is 1. The number of ether oxygens (including phenoxy) is 1. The standard InChI is InChI=1S/C16H20F4N2O/c17-15(18)16(19,20)23-13-5-3-12(4-6-13)14(11-1-2-11)22-9-7-21-8-10-22/h3-6,11,14-15,21H,1-2,7-10H2/t14-/m1/s1. The van der Waals surface area contributed by atoms with Gasteiger partial charge in [-0.25, -0.2) is 0 Å². The van der Waals surface area contributed by atoms with Crippen LogP contribution in [0.4, 0.5) is 17.6 Å². The molecule has 0 amide bonds. The van der Waals surface area contributed by atoms with Gasteiger partial charge in [-0.1, -0.05) is 12.1 Å². The second-order valence-electron chi connectivity index (χ2n) is 6.10. The van der Waals surface area contributed by atoms with Gasteiger partial charge in [0.2, 0.25) is 0 Å². The highest BCUT2D eigenvalue weighted by molar-refractivity contribution is 5.30. The summed E-state index contributed by atoms with van der Waals surface area (Å²) in [6.07, 6.45) is -5.98. The Morgan fingerprint density at radius 3 is 2.22 bits per heavy atom. The highest BCUT2D eigenvalue weighted by Gasteiger charge is 2.44. The van der Waals surface area contributed by atoms with Crippen LogP contribution in [-0.4, -0.2) is 43.6 Å². The molecule has 7 heteroatoms. The van der Waals surface area contributed by atoms with E-state index in [1.54, 1.807) is 12.1 Å². The van der Waals surface area contributed by atoms with Crippen molar-refractivity contribution >= 4 is 0 Å². The molecule has 0 radical (unpaired) electrons. The quantitative estimate of drug-likeness (QED) is 0.809. The lowest BCUT2D eigenvalue weighted by atomic mass is 9.99. The largest absolute Gasteiger partial charge is 0.461 e. The summed E-state index contributed by atoms with van der Waals surface area (Å²) in [5.41, 5.74) is 1.03. The zero-order valence-corrected chi connectivity index (χ0v) is 12.7. The predicted molar refractivity (Wildman–Crippen MR) is 77.9 cm³/mol. The summed E-state index contributed by atoms with van der Waals surface area (Å²) < 4.78 is 54.3. The molecule has 1 saturated carbocycles. The van der Waals surface area contributed by atoms with E-state index in [4.69, 9.17) is 0 Å². The first kappa shape index (κ1) is 16.5. The molecule has 3 rings (SSSR count). The van der Waals surface area contributed by atoms with Crippen LogP contribution in [0.15, 0.2) is 24.3 Å². The number of nitrogens with zero attached hydrogens (tertiary/aromatic N) is 1. The molecule has 1 heterocycles. The van der Waals surface area contributed by atoms with Gasteiger partial charge >= 0.3 is 12.5 Å². The molecule has 2 fully saturated rings. The van der Waals surface area contributed by atoms with Crippen molar-refractivity contribution in [3.63, 3.8) is 0 Å². The zero-order valence-electron chi connectivity index (χ0n) is 12.7. The van der Waals surface area contributed by atoms with Crippen LogP contribution in [0, 0.1) is 5.92 Å². The third-order valence-corrected chi connectivity index (χ3v) is 4.34. The highest BCUT2D eigenvalue weighted by Crippen LogP contribution is 2.45. The molecule has 1 aromatic carbocycles. The van der Waals surface area contributed by atoms with E-state index in [9.17, 15) is 17.6 Å². The van der Waals surface area contributed by atoms with Crippen molar-refractivity contribution < 1.29 is 22.3 Å². The topological polar surface area (TPSA) is 24.5 Å². The van der Waals surface area contributed by atoms with Gasteiger partial charge < -0.3 is 10.1 Å². The Kier molecular flexibility index (Phi) is 4.77. The van der Waals surface area contributed by atoms with E-state index in [-0.39, 0.29) is 11.8 Å². The van der Waals surface area contributed by atoms with Crippen molar-refractivity contribution in [2.45, 2.75) is 31.4 Å². The Labute approximate surface area is 132 Å². The van der Waals surface area contributed by atoms with E-state index in [0.717, 1.165) is 44.6 Å². The summed E-state index contributed by atoms with van der Waals surface area (Å²) in [5, 5.41) is 3.31. The monoisotopic (exact) mass is 332 g/mol. The van der Waals surface area contributed by atoms with Crippen molar-refractivity contribution in [3.8, 4) is 5.75 Å². The Balaban J connectivity index is 1.72. The van der Waals surface area contributed by atoms with Crippen LogP contribution in [-0.2, 0) is 0 Å². The fourth-order valence-corrected chi connectivity index (χ4v) is 3.09. The second-order valence-corrected chi connectivity index (χ2v) is 6.10. The molecule has 23 heavy (non-hydrogen) atoms. The van der Waals surface area contributed by atoms with Crippen molar-refractivity contribution in [1.29, 1.82) is 0 Å². The summed E-state index contributed by atoms with van der Waals surface area (Å²) in [4.78, 5) is 2.40. The van der Waals surface area contributed by atoms with Crippen molar-refractivity contribution in [1.82, 2.24) is 10.2 Å². The van der Waals surface area contributed by atoms with Crippen LogP contribution in [0.3, 0.4) is 0 Å². The van der Waals surface area contributed by atoms with Crippen LogP contribution < -0.4 is 10.1 Å². The molecule has 0 unspecified atom stereocenters. The van der Waals surface area contributed by atoms with Crippen LogP contribution in [0.25, 0.3) is 0 Å². The Morgan fingerprint density at radius 2 is 1.70 bits per heavy atom. The van der Waals surface area contributed by atoms with Crippen LogP contribution >= 0.6 is 0 Å². The maximum atomic E-state index is 12.9. The summed E-state index contributed by atoms with van der Waals surface area (Å²) in [7, 11) is 0. The minimum Gasteiger partial charge on any atom is -0.428 e. The summed E-state index contributed by atoms with van der Waals surface area (Å²) >= 11 is 0. The minimum absolute atomic E-state index is 0.242. The van der Waals surface area contributed by atoms with Gasteiger partial charge in [-0.15, -0.1) is 0 Å². The van der Waals surface area contributed by atoms with Gasteiger partial charge in [0.15, 0.2) is 0 Å². The summed E-state index contributed by atoms with van der Waals surface area (Å²) in [5.74, 6) is 0.344. The van der Waals surface area contributed by atoms with Gasteiger partial charge in [0.1, 0.15) is 5.75 Å². The molecule has 2 aliphatic rings. The molecule has 0 bridgehead atoms. The Hall–Kier alpha value is -1.34. The van der Waals surface area contributed by atoms with Crippen molar-refractivity contribution in [2.24, 2.45) is 5.92 Å². The van der Waals surface area contributed by atoms with E-state index >= 15 is 0 Å². The average Bonchev–Trinajstić information content (AvgIpc) is 3.35. The van der Waals surface area contributed by atoms with Gasteiger partial charge in [0, 0.05) is 32.2 Å². The molecule has 1 atom stereocenters. The smallest absolute Gasteiger partial charge is 0.428 e. The third kappa shape index (κ3) is 3.95. The molecule has 0 aromatic heterocycles. The number of hydrogen-bond acceptors (Lipinski definition) is 3. The van der Waals surface area contributed by atoms with Gasteiger partial charge in [-0.2, -0.15) is 17.6 Å². The van der Waals surface area contributed by atoms with Gasteiger partial charge in [-0.05, 0) is 36.5 Å². The van der Waals surface area contributed by atoms with E-state index < -0.39 is 12.5 Å².